The number of alkyl halides is 3. The molecule has 36 heavy (non-hydrogen) atoms. The molecular weight excluding hydrogens is 543 g/mol. The number of imidazole rings is 1. The molecule has 7 nitrogen and oxygen atoms in total. The van der Waals surface area contributed by atoms with Crippen LogP contribution in [0.5, 0.6) is 0 Å². The van der Waals surface area contributed by atoms with Crippen LogP contribution in [0.25, 0.3) is 5.52 Å². The Morgan fingerprint density at radius 1 is 1.11 bits per heavy atom. The zero-order chi connectivity index (χ0) is 26.1. The third kappa shape index (κ3) is 4.99. The predicted molar refractivity (Wildman–Crippen MR) is 124 cm³/mol. The van der Waals surface area contributed by atoms with E-state index in [0.29, 0.717) is 18.8 Å². The first kappa shape index (κ1) is 26.2. The van der Waals surface area contributed by atoms with Crippen LogP contribution in [-0.4, -0.2) is 45.6 Å². The Labute approximate surface area is 213 Å². The van der Waals surface area contributed by atoms with Gasteiger partial charge in [-0.2, -0.15) is 17.6 Å². The number of piperidine rings is 1. The minimum atomic E-state index is -5.19. The summed E-state index contributed by atoms with van der Waals surface area (Å²) in [5.74, 6) is -2.38. The van der Waals surface area contributed by atoms with E-state index in [2.05, 4.69) is 20.9 Å². The van der Waals surface area contributed by atoms with Crippen LogP contribution in [0.4, 0.5) is 13.2 Å². The monoisotopic (exact) mass is 567 g/mol. The van der Waals surface area contributed by atoms with E-state index in [1.54, 1.807) is 0 Å². The van der Waals surface area contributed by atoms with E-state index in [0.717, 1.165) is 41.4 Å². The summed E-state index contributed by atoms with van der Waals surface area (Å²) in [7, 11) is 0. The third-order valence-corrected chi connectivity index (χ3v) is 7.60. The SMILES string of the molecule is O=C([O-])C(F)(F)F.O=C(c1[nH]c(Br)c2cccc[n+]12)N1CC[C@](O)(c2ccccc2)[C@H]2CCCC[C@H]21. The van der Waals surface area contributed by atoms with Crippen LogP contribution in [0.3, 0.4) is 0 Å². The Bertz CT molecular complexity index is 1250. The zero-order valence-electron chi connectivity index (χ0n) is 19.2. The van der Waals surface area contributed by atoms with Gasteiger partial charge < -0.3 is 19.9 Å². The van der Waals surface area contributed by atoms with Crippen LogP contribution in [0, 0.1) is 5.92 Å². The van der Waals surface area contributed by atoms with Crippen molar-refractivity contribution in [2.45, 2.75) is 49.9 Å². The van der Waals surface area contributed by atoms with Crippen molar-refractivity contribution in [3.05, 3.63) is 70.7 Å². The van der Waals surface area contributed by atoms with Gasteiger partial charge in [-0.05, 0) is 37.0 Å². The fraction of sp³-hybridized carbons (Fsp3) is 0.400. The minimum absolute atomic E-state index is 0.00362. The number of likely N-dealkylation sites (tertiary alicyclic amines) is 1. The van der Waals surface area contributed by atoms with Crippen molar-refractivity contribution in [3.63, 3.8) is 0 Å². The van der Waals surface area contributed by atoms with E-state index >= 15 is 0 Å². The molecule has 0 radical (unpaired) electrons. The van der Waals surface area contributed by atoms with Crippen molar-refractivity contribution < 1.29 is 37.4 Å². The van der Waals surface area contributed by atoms with Crippen molar-refractivity contribution >= 4 is 33.3 Å². The van der Waals surface area contributed by atoms with Crippen LogP contribution >= 0.6 is 15.9 Å². The largest absolute Gasteiger partial charge is 0.542 e. The lowest BCUT2D eigenvalue weighted by atomic mass is 9.66. The summed E-state index contributed by atoms with van der Waals surface area (Å²) >= 11 is 3.54. The molecule has 3 atom stereocenters. The second-order valence-electron chi connectivity index (χ2n) is 9.03. The predicted octanol–water partition coefficient (Wildman–Crippen LogP) is 3.11. The number of benzene rings is 1. The number of carbonyl (C=O) groups is 2. The van der Waals surface area contributed by atoms with Crippen molar-refractivity contribution in [1.29, 1.82) is 0 Å². The standard InChI is InChI=1S/C23H24BrN3O2.C2HF3O2/c24-20-19-12-6-7-14-26(19)21(25-20)22(28)27-15-13-23(29,16-8-2-1-3-9-16)17-10-4-5-11-18(17)27;3-2(4,5)1(6)7/h1-3,6-9,12,14,17-18,29H,4-5,10-11,13,15H2;(H,6,7)/t17-,18+,23-;/m0./s1. The average Bonchev–Trinajstić information content (AvgIpc) is 3.21. The minimum Gasteiger partial charge on any atom is -0.542 e. The number of H-pyrrole nitrogens is 1. The number of hydrogen-bond acceptors (Lipinski definition) is 4. The molecule has 2 aromatic heterocycles. The molecule has 0 unspecified atom stereocenters. The average molecular weight is 568 g/mol. The Morgan fingerprint density at radius 2 is 1.75 bits per heavy atom. The van der Waals surface area contributed by atoms with E-state index in [4.69, 9.17) is 9.90 Å². The van der Waals surface area contributed by atoms with Gasteiger partial charge in [0, 0.05) is 34.4 Å². The highest BCUT2D eigenvalue weighted by atomic mass is 79.9. The first-order valence-corrected chi connectivity index (χ1v) is 12.4. The number of carboxylic acid groups (broad SMARTS) is 1. The highest BCUT2D eigenvalue weighted by Gasteiger charge is 2.51. The number of aliphatic hydroxyl groups is 1. The summed E-state index contributed by atoms with van der Waals surface area (Å²) in [6.45, 7) is 0.553. The number of aromatic amines is 1. The zero-order valence-corrected chi connectivity index (χ0v) is 20.8. The Morgan fingerprint density at radius 3 is 2.42 bits per heavy atom. The molecule has 1 amide bonds. The maximum Gasteiger partial charge on any atom is 0.430 e. The van der Waals surface area contributed by atoms with Gasteiger partial charge in [0.2, 0.25) is 4.60 Å². The number of pyridine rings is 1. The van der Waals surface area contributed by atoms with Gasteiger partial charge in [-0.3, -0.25) is 4.79 Å². The maximum absolute atomic E-state index is 13.6. The molecular formula is C25H25BrF3N3O4. The van der Waals surface area contributed by atoms with Crippen molar-refractivity contribution in [3.8, 4) is 0 Å². The van der Waals surface area contributed by atoms with Gasteiger partial charge in [0.15, 0.2) is 5.52 Å². The molecule has 192 valence electrons. The molecule has 0 spiro atoms. The summed E-state index contributed by atoms with van der Waals surface area (Å²) in [5, 5.41) is 20.5. The highest BCUT2D eigenvalue weighted by molar-refractivity contribution is 9.10. The number of carboxylic acids is 1. The number of hydrogen-bond donors (Lipinski definition) is 2. The van der Waals surface area contributed by atoms with Crippen molar-refractivity contribution in [2.75, 3.05) is 6.54 Å². The Balaban J connectivity index is 0.000000384. The van der Waals surface area contributed by atoms with Crippen LogP contribution in [-0.2, 0) is 10.4 Å². The van der Waals surface area contributed by atoms with E-state index in [1.165, 1.54) is 0 Å². The number of aliphatic carboxylic acids is 1. The van der Waals surface area contributed by atoms with Gasteiger partial charge in [0.1, 0.15) is 5.97 Å². The number of fused-ring (bicyclic) bond motifs is 2. The van der Waals surface area contributed by atoms with Crippen LogP contribution in [0.2, 0.25) is 0 Å². The van der Waals surface area contributed by atoms with E-state index in [-0.39, 0.29) is 17.9 Å². The van der Waals surface area contributed by atoms with Crippen LogP contribution < -0.4 is 9.51 Å². The second-order valence-corrected chi connectivity index (χ2v) is 9.82. The van der Waals surface area contributed by atoms with E-state index in [1.807, 2.05) is 64.0 Å². The number of aromatic nitrogens is 2. The molecule has 1 saturated heterocycles. The highest BCUT2D eigenvalue weighted by Crippen LogP contribution is 2.47. The van der Waals surface area contributed by atoms with Gasteiger partial charge >= 0.3 is 17.9 Å². The second kappa shape index (κ2) is 10.2. The molecule has 1 aliphatic heterocycles. The smallest absolute Gasteiger partial charge is 0.430 e. The summed E-state index contributed by atoms with van der Waals surface area (Å²) in [5.41, 5.74) is 1.05. The molecule has 1 saturated carbocycles. The fourth-order valence-corrected chi connectivity index (χ4v) is 5.87. The number of nitrogens with zero attached hydrogens (tertiary/aromatic N) is 2. The van der Waals surface area contributed by atoms with E-state index < -0.39 is 17.7 Å². The first-order valence-electron chi connectivity index (χ1n) is 11.6. The first-order chi connectivity index (χ1) is 17.0. The molecule has 11 heteroatoms. The number of nitrogens with one attached hydrogen (secondary N) is 1. The molecule has 3 aromatic rings. The summed E-state index contributed by atoms with van der Waals surface area (Å²) in [4.78, 5) is 27.6. The van der Waals surface area contributed by atoms with Gasteiger partial charge in [0.05, 0.1) is 11.8 Å². The van der Waals surface area contributed by atoms with E-state index in [9.17, 15) is 23.1 Å². The maximum atomic E-state index is 13.6. The lowest BCUT2D eigenvalue weighted by Gasteiger charge is -2.52. The normalized spacial score (nSPS) is 24.0. The number of amides is 1. The van der Waals surface area contributed by atoms with Crippen LogP contribution in [0.1, 0.15) is 48.3 Å². The summed E-state index contributed by atoms with van der Waals surface area (Å²) < 4.78 is 34.3. The topological polar surface area (TPSA) is 101 Å². The van der Waals surface area contributed by atoms with Crippen LogP contribution in [0.15, 0.2) is 59.3 Å². The van der Waals surface area contributed by atoms with Gasteiger partial charge in [0.25, 0.3) is 0 Å². The summed E-state index contributed by atoms with van der Waals surface area (Å²) in [6, 6.07) is 15.9. The lowest BCUT2D eigenvalue weighted by molar-refractivity contribution is -0.514. The molecule has 0 bridgehead atoms. The van der Waals surface area contributed by atoms with Gasteiger partial charge in [-0.15, -0.1) is 0 Å². The number of rotatable bonds is 2. The lowest BCUT2D eigenvalue weighted by Crippen LogP contribution is -2.59. The van der Waals surface area contributed by atoms with Gasteiger partial charge in [-0.1, -0.05) is 49.2 Å². The molecule has 1 aliphatic carbocycles. The number of carbonyl (C=O) groups excluding carboxylic acids is 2. The molecule has 1 aromatic carbocycles. The molecule has 3 heterocycles. The fourth-order valence-electron chi connectivity index (χ4n) is 5.36. The Hall–Kier alpha value is -2.92. The van der Waals surface area contributed by atoms with Crippen molar-refractivity contribution in [2.24, 2.45) is 5.92 Å². The molecule has 2 N–H and O–H groups in total. The third-order valence-electron chi connectivity index (χ3n) is 7.00. The molecule has 2 aliphatic rings. The molecule has 5 rings (SSSR count). The summed E-state index contributed by atoms with van der Waals surface area (Å²) in [6.07, 6.45) is 1.36. The van der Waals surface area contributed by atoms with Gasteiger partial charge in [-0.25, -0.2) is 4.98 Å². The number of halogens is 4. The van der Waals surface area contributed by atoms with Crippen molar-refractivity contribution in [1.82, 2.24) is 9.88 Å². The quantitative estimate of drug-likeness (QED) is 0.465. The molecule has 2 fully saturated rings. The Kier molecular flexibility index (Phi) is 7.42.